The molecule has 0 aromatic carbocycles. The fourth-order valence-electron chi connectivity index (χ4n) is 3.36. The smallest absolute Gasteiger partial charge is 0.257 e. The second-order valence-electron chi connectivity index (χ2n) is 5.25. The van der Waals surface area contributed by atoms with Crippen LogP contribution in [-0.4, -0.2) is 28.4 Å². The number of pyridine rings is 1. The molecule has 18 heavy (non-hydrogen) atoms. The Hall–Kier alpha value is -1.45. The first-order valence-corrected chi connectivity index (χ1v) is 6.68. The molecule has 1 aliphatic heterocycles. The Labute approximate surface area is 106 Å². The van der Waals surface area contributed by atoms with Crippen LogP contribution in [0.2, 0.25) is 0 Å². The number of rotatable bonds is 1. The Morgan fingerprint density at radius 3 is 3.00 bits per heavy atom. The Morgan fingerprint density at radius 2 is 2.17 bits per heavy atom. The molecule has 1 aliphatic carbocycles. The number of likely N-dealkylation sites (tertiary alicyclic amines) is 1. The molecule has 2 aliphatic rings. The van der Waals surface area contributed by atoms with E-state index in [0.29, 0.717) is 12.0 Å². The van der Waals surface area contributed by atoms with Crippen LogP contribution in [0.15, 0.2) is 18.5 Å². The van der Waals surface area contributed by atoms with Gasteiger partial charge >= 0.3 is 0 Å². The highest BCUT2D eigenvalue weighted by molar-refractivity contribution is 5.94. The fraction of sp³-hybridized carbons (Fsp3) is 0.571. The molecule has 1 amide bonds. The quantitative estimate of drug-likeness (QED) is 0.765. The van der Waals surface area contributed by atoms with Crippen LogP contribution in [0.5, 0.6) is 0 Å². The highest BCUT2D eigenvalue weighted by Gasteiger charge is 2.38. The largest absolute Gasteiger partial charge is 0.335 e. The van der Waals surface area contributed by atoms with E-state index in [1.165, 1.54) is 31.5 Å². The van der Waals surface area contributed by atoms with Gasteiger partial charge in [0, 0.05) is 18.8 Å². The number of hydrogen-bond acceptors (Lipinski definition) is 2. The topological polar surface area (TPSA) is 33.2 Å². The maximum Gasteiger partial charge on any atom is 0.257 e. The molecule has 0 spiro atoms. The van der Waals surface area contributed by atoms with Gasteiger partial charge in [0.25, 0.3) is 5.91 Å². The van der Waals surface area contributed by atoms with Crippen LogP contribution in [0.4, 0.5) is 4.39 Å². The summed E-state index contributed by atoms with van der Waals surface area (Å²) in [4.78, 5) is 17.9. The van der Waals surface area contributed by atoms with Crippen LogP contribution in [0.1, 0.15) is 42.5 Å². The third-order valence-corrected chi connectivity index (χ3v) is 4.27. The standard InChI is InChI=1S/C14H17FN2O/c15-12-9-16-7-5-11(12)14(18)17-8-6-10-3-1-2-4-13(10)17/h5,7,9-10,13H,1-4,6,8H2. The molecule has 4 heteroatoms. The van der Waals surface area contributed by atoms with Crippen LogP contribution < -0.4 is 0 Å². The predicted octanol–water partition coefficient (Wildman–Crippen LogP) is 2.63. The van der Waals surface area contributed by atoms with Gasteiger partial charge in [-0.2, -0.15) is 0 Å². The molecule has 2 heterocycles. The first-order chi connectivity index (χ1) is 8.77. The van der Waals surface area contributed by atoms with Gasteiger partial charge in [-0.15, -0.1) is 0 Å². The van der Waals surface area contributed by atoms with Crippen molar-refractivity contribution in [2.45, 2.75) is 38.1 Å². The molecule has 2 atom stereocenters. The molecule has 0 N–H and O–H groups in total. The summed E-state index contributed by atoms with van der Waals surface area (Å²) in [6.45, 7) is 0.774. The lowest BCUT2D eigenvalue weighted by atomic mass is 9.85. The summed E-state index contributed by atoms with van der Waals surface area (Å²) in [6, 6.07) is 1.81. The zero-order valence-corrected chi connectivity index (χ0v) is 10.3. The zero-order chi connectivity index (χ0) is 12.5. The first kappa shape index (κ1) is 11.6. The second-order valence-corrected chi connectivity index (χ2v) is 5.25. The van der Waals surface area contributed by atoms with Crippen molar-refractivity contribution in [2.75, 3.05) is 6.54 Å². The zero-order valence-electron chi connectivity index (χ0n) is 10.3. The first-order valence-electron chi connectivity index (χ1n) is 6.68. The van der Waals surface area contributed by atoms with Crippen LogP contribution in [0.3, 0.4) is 0 Å². The molecule has 3 rings (SSSR count). The number of nitrogens with zero attached hydrogens (tertiary/aromatic N) is 2. The highest BCUT2D eigenvalue weighted by Crippen LogP contribution is 2.36. The van der Waals surface area contributed by atoms with Gasteiger partial charge in [-0.25, -0.2) is 4.39 Å². The van der Waals surface area contributed by atoms with Crippen LogP contribution >= 0.6 is 0 Å². The highest BCUT2D eigenvalue weighted by atomic mass is 19.1. The van der Waals surface area contributed by atoms with Crippen molar-refractivity contribution in [2.24, 2.45) is 5.92 Å². The molecule has 2 fully saturated rings. The number of hydrogen-bond donors (Lipinski definition) is 0. The summed E-state index contributed by atoms with van der Waals surface area (Å²) in [7, 11) is 0. The van der Waals surface area contributed by atoms with E-state index in [1.54, 1.807) is 0 Å². The van der Waals surface area contributed by atoms with Gasteiger partial charge in [-0.05, 0) is 31.2 Å². The van der Waals surface area contributed by atoms with Crippen molar-refractivity contribution in [1.29, 1.82) is 0 Å². The maximum absolute atomic E-state index is 13.6. The Balaban J connectivity index is 1.83. The molecule has 0 radical (unpaired) electrons. The molecule has 3 nitrogen and oxygen atoms in total. The van der Waals surface area contributed by atoms with Gasteiger partial charge in [-0.1, -0.05) is 12.8 Å². The lowest BCUT2D eigenvalue weighted by Gasteiger charge is -2.31. The van der Waals surface area contributed by atoms with E-state index in [4.69, 9.17) is 0 Å². The molecule has 1 saturated heterocycles. The van der Waals surface area contributed by atoms with Gasteiger partial charge in [-0.3, -0.25) is 9.78 Å². The summed E-state index contributed by atoms with van der Waals surface area (Å²) in [6.07, 6.45) is 8.41. The van der Waals surface area contributed by atoms with Crippen molar-refractivity contribution in [3.05, 3.63) is 29.8 Å². The van der Waals surface area contributed by atoms with E-state index < -0.39 is 5.82 Å². The number of halogens is 1. The minimum Gasteiger partial charge on any atom is -0.335 e. The van der Waals surface area contributed by atoms with Crippen molar-refractivity contribution < 1.29 is 9.18 Å². The number of carbonyl (C=O) groups excluding carboxylic acids is 1. The number of carbonyl (C=O) groups is 1. The van der Waals surface area contributed by atoms with Gasteiger partial charge in [0.15, 0.2) is 5.82 Å². The number of fused-ring (bicyclic) bond motifs is 1. The summed E-state index contributed by atoms with van der Waals surface area (Å²) in [5, 5.41) is 0. The van der Waals surface area contributed by atoms with E-state index in [0.717, 1.165) is 25.6 Å². The summed E-state index contributed by atoms with van der Waals surface area (Å²) in [5.41, 5.74) is 0.163. The van der Waals surface area contributed by atoms with E-state index in [-0.39, 0.29) is 11.5 Å². The molecule has 0 bridgehead atoms. The van der Waals surface area contributed by atoms with Crippen LogP contribution in [-0.2, 0) is 0 Å². The molecule has 1 aromatic rings. The van der Waals surface area contributed by atoms with Crippen molar-refractivity contribution in [3.8, 4) is 0 Å². The number of amides is 1. The molecular weight excluding hydrogens is 231 g/mol. The monoisotopic (exact) mass is 248 g/mol. The van der Waals surface area contributed by atoms with Crippen molar-refractivity contribution in [1.82, 2.24) is 9.88 Å². The Bertz CT molecular complexity index is 463. The summed E-state index contributed by atoms with van der Waals surface area (Å²) in [5.74, 6) is -0.0429. The van der Waals surface area contributed by atoms with Gasteiger partial charge in [0.2, 0.25) is 0 Å². The lowest BCUT2D eigenvalue weighted by Crippen LogP contribution is -2.39. The van der Waals surface area contributed by atoms with E-state index >= 15 is 0 Å². The third-order valence-electron chi connectivity index (χ3n) is 4.27. The normalized spacial score (nSPS) is 27.1. The fourth-order valence-corrected chi connectivity index (χ4v) is 3.36. The van der Waals surface area contributed by atoms with Crippen LogP contribution in [0.25, 0.3) is 0 Å². The van der Waals surface area contributed by atoms with Gasteiger partial charge < -0.3 is 4.90 Å². The molecule has 1 saturated carbocycles. The molecule has 2 unspecified atom stereocenters. The van der Waals surface area contributed by atoms with Crippen LogP contribution in [0, 0.1) is 11.7 Å². The minimum absolute atomic E-state index is 0.163. The van der Waals surface area contributed by atoms with Crippen molar-refractivity contribution >= 4 is 5.91 Å². The third kappa shape index (κ3) is 1.89. The second kappa shape index (κ2) is 4.67. The maximum atomic E-state index is 13.6. The number of aromatic nitrogens is 1. The summed E-state index contributed by atoms with van der Waals surface area (Å²) < 4.78 is 13.6. The van der Waals surface area contributed by atoms with E-state index in [1.807, 2.05) is 4.90 Å². The Morgan fingerprint density at radius 1 is 1.33 bits per heavy atom. The molecule has 1 aromatic heterocycles. The SMILES string of the molecule is O=C(c1ccncc1F)N1CCC2CCCCC21. The Kier molecular flexibility index (Phi) is 3.02. The molecular formula is C14H17FN2O. The lowest BCUT2D eigenvalue weighted by molar-refractivity contribution is 0.0685. The summed E-state index contributed by atoms with van der Waals surface area (Å²) >= 11 is 0. The minimum atomic E-state index is -0.512. The average molecular weight is 248 g/mol. The average Bonchev–Trinajstić information content (AvgIpc) is 2.82. The van der Waals surface area contributed by atoms with Crippen molar-refractivity contribution in [3.63, 3.8) is 0 Å². The molecule has 96 valence electrons. The van der Waals surface area contributed by atoms with E-state index in [9.17, 15) is 9.18 Å². The van der Waals surface area contributed by atoms with E-state index in [2.05, 4.69) is 4.98 Å². The van der Waals surface area contributed by atoms with Gasteiger partial charge in [0.05, 0.1) is 11.8 Å². The van der Waals surface area contributed by atoms with Gasteiger partial charge in [0.1, 0.15) is 0 Å². The predicted molar refractivity (Wildman–Crippen MR) is 65.6 cm³/mol.